The van der Waals surface area contributed by atoms with Crippen LogP contribution in [0.4, 0.5) is 5.69 Å². The molecule has 7 nitrogen and oxygen atoms in total. The summed E-state index contributed by atoms with van der Waals surface area (Å²) < 4.78 is 26.3. The van der Waals surface area contributed by atoms with Gasteiger partial charge in [-0.3, -0.25) is 13.9 Å². The molecular formula is C24H33N3O4S. The van der Waals surface area contributed by atoms with E-state index in [9.17, 15) is 18.0 Å². The Labute approximate surface area is 191 Å². The Hall–Kier alpha value is -2.87. The fraction of sp³-hybridized carbons (Fsp3) is 0.417. The quantitative estimate of drug-likeness (QED) is 0.625. The first-order chi connectivity index (χ1) is 15.0. The lowest BCUT2D eigenvalue weighted by molar-refractivity contribution is -0.140. The van der Waals surface area contributed by atoms with Crippen LogP contribution in [0.25, 0.3) is 0 Å². The second-order valence-corrected chi connectivity index (χ2v) is 9.93. The summed E-state index contributed by atoms with van der Waals surface area (Å²) in [4.78, 5) is 27.5. The lowest BCUT2D eigenvalue weighted by atomic mass is 10.1. The van der Waals surface area contributed by atoms with Gasteiger partial charge in [-0.05, 0) is 61.6 Å². The molecule has 0 fully saturated rings. The van der Waals surface area contributed by atoms with Gasteiger partial charge in [0, 0.05) is 13.6 Å². The number of sulfonamides is 1. The Morgan fingerprint density at radius 3 is 2.19 bits per heavy atom. The van der Waals surface area contributed by atoms with Crippen molar-refractivity contribution in [2.75, 3.05) is 24.2 Å². The lowest BCUT2D eigenvalue weighted by Gasteiger charge is -2.33. The zero-order valence-electron chi connectivity index (χ0n) is 19.7. The van der Waals surface area contributed by atoms with Crippen molar-refractivity contribution in [2.45, 2.75) is 46.7 Å². The molecule has 2 rings (SSSR count). The highest BCUT2D eigenvalue weighted by Crippen LogP contribution is 2.23. The zero-order chi connectivity index (χ0) is 24.1. The van der Waals surface area contributed by atoms with Gasteiger partial charge in [-0.2, -0.15) is 0 Å². The molecule has 2 aromatic rings. The van der Waals surface area contributed by atoms with Crippen molar-refractivity contribution in [3.8, 4) is 0 Å². The summed E-state index contributed by atoms with van der Waals surface area (Å²) in [7, 11) is -2.20. The molecule has 0 radical (unpaired) electrons. The maximum absolute atomic E-state index is 13.5. The number of nitrogens with zero attached hydrogens (tertiary/aromatic N) is 2. The average molecular weight is 460 g/mol. The van der Waals surface area contributed by atoms with Crippen molar-refractivity contribution < 1.29 is 18.0 Å². The highest BCUT2D eigenvalue weighted by molar-refractivity contribution is 7.92. The van der Waals surface area contributed by atoms with Crippen LogP contribution in [0.5, 0.6) is 0 Å². The normalized spacial score (nSPS) is 12.2. The fourth-order valence-electron chi connectivity index (χ4n) is 3.55. The van der Waals surface area contributed by atoms with Crippen molar-refractivity contribution in [3.05, 3.63) is 64.7 Å². The van der Waals surface area contributed by atoms with Gasteiger partial charge in [0.15, 0.2) is 0 Å². The number of carbonyl (C=O) groups is 2. The van der Waals surface area contributed by atoms with Gasteiger partial charge in [0.05, 0.1) is 11.9 Å². The molecule has 0 aliphatic rings. The summed E-state index contributed by atoms with van der Waals surface area (Å²) in [6.45, 7) is 7.42. The summed E-state index contributed by atoms with van der Waals surface area (Å²) >= 11 is 0. The van der Waals surface area contributed by atoms with E-state index in [4.69, 9.17) is 0 Å². The minimum Gasteiger partial charge on any atom is -0.357 e. The molecule has 1 atom stereocenters. The minimum atomic E-state index is -3.73. The number of amides is 2. The number of rotatable bonds is 9. The number of nitrogens with one attached hydrogen (secondary N) is 1. The molecule has 0 unspecified atom stereocenters. The number of carbonyl (C=O) groups excluding carboxylic acids is 2. The largest absolute Gasteiger partial charge is 0.357 e. The molecule has 0 spiro atoms. The molecule has 174 valence electrons. The van der Waals surface area contributed by atoms with Crippen LogP contribution in [0.1, 0.15) is 35.6 Å². The molecular weight excluding hydrogens is 426 g/mol. The summed E-state index contributed by atoms with van der Waals surface area (Å²) in [6, 6.07) is 12.2. The van der Waals surface area contributed by atoms with Crippen molar-refractivity contribution in [1.29, 1.82) is 0 Å². The number of aryl methyl sites for hydroxylation is 3. The number of hydrogen-bond donors (Lipinski definition) is 1. The molecule has 0 bridgehead atoms. The monoisotopic (exact) mass is 459 g/mol. The molecule has 0 aliphatic carbocycles. The van der Waals surface area contributed by atoms with Crippen LogP contribution in [0, 0.1) is 20.8 Å². The van der Waals surface area contributed by atoms with Crippen molar-refractivity contribution in [2.24, 2.45) is 0 Å². The third-order valence-electron chi connectivity index (χ3n) is 5.69. The Morgan fingerprint density at radius 2 is 1.66 bits per heavy atom. The first-order valence-corrected chi connectivity index (χ1v) is 12.4. The molecule has 0 heterocycles. The second kappa shape index (κ2) is 10.6. The third kappa shape index (κ3) is 6.09. The molecule has 0 aliphatic heterocycles. The molecule has 0 saturated carbocycles. The van der Waals surface area contributed by atoms with Crippen LogP contribution in [0.3, 0.4) is 0 Å². The van der Waals surface area contributed by atoms with E-state index in [1.165, 1.54) is 11.9 Å². The average Bonchev–Trinajstić information content (AvgIpc) is 2.74. The molecule has 2 aromatic carbocycles. The maximum atomic E-state index is 13.5. The summed E-state index contributed by atoms with van der Waals surface area (Å²) in [5.41, 5.74) is 4.27. The second-order valence-electron chi connectivity index (χ2n) is 8.02. The molecule has 8 heteroatoms. The predicted molar refractivity (Wildman–Crippen MR) is 128 cm³/mol. The van der Waals surface area contributed by atoms with E-state index in [2.05, 4.69) is 5.32 Å². The third-order valence-corrected chi connectivity index (χ3v) is 6.83. The smallest absolute Gasteiger partial charge is 0.244 e. The van der Waals surface area contributed by atoms with Crippen LogP contribution in [-0.2, 0) is 26.2 Å². The number of benzene rings is 2. The highest BCUT2D eigenvalue weighted by atomic mass is 32.2. The highest BCUT2D eigenvalue weighted by Gasteiger charge is 2.31. The van der Waals surface area contributed by atoms with Crippen LogP contribution in [0.15, 0.2) is 42.5 Å². The van der Waals surface area contributed by atoms with Crippen molar-refractivity contribution in [3.63, 3.8) is 0 Å². The van der Waals surface area contributed by atoms with E-state index in [1.807, 2.05) is 58.0 Å². The van der Waals surface area contributed by atoms with Crippen LogP contribution in [-0.4, -0.2) is 51.0 Å². The van der Waals surface area contributed by atoms with Gasteiger partial charge in [-0.1, -0.05) is 37.3 Å². The van der Waals surface area contributed by atoms with E-state index in [0.29, 0.717) is 12.1 Å². The van der Waals surface area contributed by atoms with E-state index in [-0.39, 0.29) is 19.0 Å². The van der Waals surface area contributed by atoms with Gasteiger partial charge in [0.25, 0.3) is 0 Å². The summed E-state index contributed by atoms with van der Waals surface area (Å²) in [5, 5.41) is 2.62. The van der Waals surface area contributed by atoms with Gasteiger partial charge in [0.1, 0.15) is 12.6 Å². The Morgan fingerprint density at radius 1 is 1.00 bits per heavy atom. The SMILES string of the molecule is CC[C@@H](C(=O)NC)N(Cc1ccccc1C)C(=O)CN(c1ccc(C)c(C)c1)S(C)(=O)=O. The van der Waals surface area contributed by atoms with Gasteiger partial charge in [0.2, 0.25) is 21.8 Å². The number of anilines is 1. The van der Waals surface area contributed by atoms with E-state index in [1.54, 1.807) is 12.1 Å². The van der Waals surface area contributed by atoms with Crippen LogP contribution < -0.4 is 9.62 Å². The van der Waals surface area contributed by atoms with Gasteiger partial charge in [-0.25, -0.2) is 8.42 Å². The summed E-state index contributed by atoms with van der Waals surface area (Å²) in [6.07, 6.45) is 1.48. The Balaban J connectivity index is 2.46. The Bertz CT molecular complexity index is 1080. The van der Waals surface area contributed by atoms with Gasteiger partial charge in [-0.15, -0.1) is 0 Å². The number of hydrogen-bond acceptors (Lipinski definition) is 4. The topological polar surface area (TPSA) is 86.8 Å². The van der Waals surface area contributed by atoms with Gasteiger partial charge >= 0.3 is 0 Å². The fourth-order valence-corrected chi connectivity index (χ4v) is 4.39. The maximum Gasteiger partial charge on any atom is 0.244 e. The zero-order valence-corrected chi connectivity index (χ0v) is 20.5. The van der Waals surface area contributed by atoms with Crippen LogP contribution >= 0.6 is 0 Å². The van der Waals surface area contributed by atoms with Crippen molar-refractivity contribution in [1.82, 2.24) is 10.2 Å². The first-order valence-electron chi connectivity index (χ1n) is 10.6. The van der Waals surface area contributed by atoms with Gasteiger partial charge < -0.3 is 10.2 Å². The Kier molecular flexibility index (Phi) is 8.44. The molecule has 2 amide bonds. The first kappa shape index (κ1) is 25.4. The van der Waals surface area contributed by atoms with E-state index in [0.717, 1.165) is 32.8 Å². The molecule has 1 N–H and O–H groups in total. The lowest BCUT2D eigenvalue weighted by Crippen LogP contribution is -2.51. The molecule has 0 aromatic heterocycles. The van der Waals surface area contributed by atoms with Crippen molar-refractivity contribution >= 4 is 27.5 Å². The summed E-state index contributed by atoms with van der Waals surface area (Å²) in [5.74, 6) is -0.723. The van der Waals surface area contributed by atoms with E-state index >= 15 is 0 Å². The number of likely N-dealkylation sites (N-methyl/N-ethyl adjacent to an activating group) is 1. The predicted octanol–water partition coefficient (Wildman–Crippen LogP) is 2.93. The van der Waals surface area contributed by atoms with E-state index < -0.39 is 22.0 Å². The molecule has 0 saturated heterocycles. The molecule has 32 heavy (non-hydrogen) atoms. The van der Waals surface area contributed by atoms with Crippen LogP contribution in [0.2, 0.25) is 0 Å². The minimum absolute atomic E-state index is 0.210. The standard InChI is InChI=1S/C24H33N3O4S/c1-7-22(24(29)25-5)26(15-20-11-9-8-10-18(20)3)23(28)16-27(32(6,30)31)21-13-12-17(2)19(4)14-21/h8-14,22H,7,15-16H2,1-6H3,(H,25,29)/t22-/m0/s1.